The molecule has 1 rings (SSSR count). The zero-order valence-corrected chi connectivity index (χ0v) is 14.4. The van der Waals surface area contributed by atoms with Crippen molar-refractivity contribution in [2.45, 2.75) is 39.9 Å². The maximum atomic E-state index is 5.74. The fourth-order valence-corrected chi connectivity index (χ4v) is 1.94. The fraction of sp³-hybridized carbons (Fsp3) is 0.474. The Morgan fingerprint density at radius 2 is 1.82 bits per heavy atom. The molecule has 0 N–H and O–H groups in total. The van der Waals surface area contributed by atoms with Gasteiger partial charge in [0.05, 0.1) is 25.6 Å². The largest absolute Gasteiger partial charge is 0.496 e. The number of hydrogen-bond donors (Lipinski definition) is 0. The van der Waals surface area contributed by atoms with Gasteiger partial charge in [0.25, 0.3) is 0 Å². The average molecular weight is 304 g/mol. The highest BCUT2D eigenvalue weighted by molar-refractivity contribution is 5.69. The molecule has 0 aliphatic heterocycles. The van der Waals surface area contributed by atoms with Crippen molar-refractivity contribution in [2.24, 2.45) is 0 Å². The van der Waals surface area contributed by atoms with E-state index in [-0.39, 0.29) is 12.2 Å². The maximum Gasteiger partial charge on any atom is 0.118 e. The Kier molecular flexibility index (Phi) is 7.92. The van der Waals surface area contributed by atoms with Crippen molar-refractivity contribution >= 4 is 11.1 Å². The molecule has 22 heavy (non-hydrogen) atoms. The molecule has 0 aliphatic rings. The Bertz CT molecular complexity index is 505. The lowest BCUT2D eigenvalue weighted by Crippen LogP contribution is -2.21. The van der Waals surface area contributed by atoms with Crippen LogP contribution in [0.2, 0.25) is 0 Å². The molecule has 1 aromatic carbocycles. The minimum Gasteiger partial charge on any atom is -0.496 e. The van der Waals surface area contributed by atoms with Crippen molar-refractivity contribution in [3.63, 3.8) is 0 Å². The van der Waals surface area contributed by atoms with Crippen LogP contribution in [0.3, 0.4) is 0 Å². The zero-order valence-electron chi connectivity index (χ0n) is 14.4. The Hall–Kier alpha value is -1.58. The first-order valence-corrected chi connectivity index (χ1v) is 7.63. The molecule has 0 aliphatic carbocycles. The van der Waals surface area contributed by atoms with Crippen molar-refractivity contribution < 1.29 is 14.2 Å². The topological polar surface area (TPSA) is 27.7 Å². The molecule has 0 bridgehead atoms. The van der Waals surface area contributed by atoms with E-state index in [4.69, 9.17) is 14.2 Å². The number of benzene rings is 1. The van der Waals surface area contributed by atoms with Crippen LogP contribution in [0.15, 0.2) is 37.1 Å². The second-order valence-corrected chi connectivity index (χ2v) is 5.71. The summed E-state index contributed by atoms with van der Waals surface area (Å²) >= 11 is 0. The molecule has 0 fully saturated rings. The summed E-state index contributed by atoms with van der Waals surface area (Å²) in [6.07, 6.45) is 1.87. The number of rotatable bonds is 9. The number of hydrogen-bond acceptors (Lipinski definition) is 3. The van der Waals surface area contributed by atoms with Crippen molar-refractivity contribution in [2.75, 3.05) is 20.3 Å². The SMILES string of the molecule is C=C(C)c1cccc(/C(C)=C/OC(C)COC(C)COC)c1. The first kappa shape index (κ1) is 18.5. The summed E-state index contributed by atoms with van der Waals surface area (Å²) in [7, 11) is 1.67. The zero-order chi connectivity index (χ0) is 16.5. The molecule has 122 valence electrons. The van der Waals surface area contributed by atoms with E-state index in [2.05, 4.69) is 24.8 Å². The van der Waals surface area contributed by atoms with E-state index < -0.39 is 0 Å². The lowest BCUT2D eigenvalue weighted by molar-refractivity contribution is -0.0302. The van der Waals surface area contributed by atoms with Gasteiger partial charge in [-0.1, -0.05) is 30.4 Å². The van der Waals surface area contributed by atoms with E-state index in [9.17, 15) is 0 Å². The van der Waals surface area contributed by atoms with Gasteiger partial charge in [-0.3, -0.25) is 0 Å². The molecule has 3 nitrogen and oxygen atoms in total. The molecular weight excluding hydrogens is 276 g/mol. The number of allylic oxidation sites excluding steroid dienone is 2. The molecule has 0 spiro atoms. The molecular formula is C19H28O3. The summed E-state index contributed by atoms with van der Waals surface area (Å²) in [5.74, 6) is 0. The highest BCUT2D eigenvalue weighted by Crippen LogP contribution is 2.19. The van der Waals surface area contributed by atoms with E-state index in [1.165, 1.54) is 0 Å². The third-order valence-corrected chi connectivity index (χ3v) is 3.30. The van der Waals surface area contributed by atoms with Crippen LogP contribution in [-0.4, -0.2) is 32.5 Å². The van der Waals surface area contributed by atoms with E-state index in [0.29, 0.717) is 13.2 Å². The minimum absolute atomic E-state index is 0.00132. The third kappa shape index (κ3) is 6.46. The van der Waals surface area contributed by atoms with Crippen LogP contribution in [-0.2, 0) is 14.2 Å². The van der Waals surface area contributed by atoms with Crippen LogP contribution in [0, 0.1) is 0 Å². The Morgan fingerprint density at radius 3 is 2.45 bits per heavy atom. The van der Waals surface area contributed by atoms with Crippen LogP contribution in [0.5, 0.6) is 0 Å². The van der Waals surface area contributed by atoms with E-state index in [1.807, 2.05) is 33.8 Å². The predicted molar refractivity (Wildman–Crippen MR) is 92.6 cm³/mol. The first-order valence-electron chi connectivity index (χ1n) is 7.63. The van der Waals surface area contributed by atoms with Gasteiger partial charge in [-0.05, 0) is 50.5 Å². The Morgan fingerprint density at radius 1 is 1.14 bits per heavy atom. The summed E-state index contributed by atoms with van der Waals surface area (Å²) in [6, 6.07) is 8.30. The third-order valence-electron chi connectivity index (χ3n) is 3.30. The molecule has 2 atom stereocenters. The Balaban J connectivity index is 2.54. The van der Waals surface area contributed by atoms with Crippen LogP contribution < -0.4 is 0 Å². The number of ether oxygens (including phenoxy) is 3. The normalized spacial score (nSPS) is 14.5. The van der Waals surface area contributed by atoms with Gasteiger partial charge in [-0.25, -0.2) is 0 Å². The van der Waals surface area contributed by atoms with Gasteiger partial charge in [-0.2, -0.15) is 0 Å². The average Bonchev–Trinajstić information content (AvgIpc) is 2.51. The van der Waals surface area contributed by atoms with Gasteiger partial charge in [0.2, 0.25) is 0 Å². The molecule has 0 saturated carbocycles. The van der Waals surface area contributed by atoms with Gasteiger partial charge in [-0.15, -0.1) is 0 Å². The summed E-state index contributed by atoms with van der Waals surface area (Å²) in [6.45, 7) is 13.1. The van der Waals surface area contributed by atoms with Crippen molar-refractivity contribution in [3.05, 3.63) is 48.2 Å². The molecule has 3 heteroatoms. The van der Waals surface area contributed by atoms with Gasteiger partial charge in [0, 0.05) is 7.11 Å². The van der Waals surface area contributed by atoms with E-state index >= 15 is 0 Å². The highest BCUT2D eigenvalue weighted by Gasteiger charge is 2.07. The van der Waals surface area contributed by atoms with Crippen LogP contribution >= 0.6 is 0 Å². The molecule has 0 radical (unpaired) electrons. The van der Waals surface area contributed by atoms with Gasteiger partial charge in [0.1, 0.15) is 6.10 Å². The highest BCUT2D eigenvalue weighted by atomic mass is 16.5. The summed E-state index contributed by atoms with van der Waals surface area (Å²) in [4.78, 5) is 0. The first-order chi connectivity index (χ1) is 10.4. The van der Waals surface area contributed by atoms with Crippen LogP contribution in [0.4, 0.5) is 0 Å². The van der Waals surface area contributed by atoms with Gasteiger partial charge in [0.15, 0.2) is 0 Å². The lowest BCUT2D eigenvalue weighted by atomic mass is 10.0. The van der Waals surface area contributed by atoms with Gasteiger partial charge >= 0.3 is 0 Å². The van der Waals surface area contributed by atoms with Crippen molar-refractivity contribution in [1.82, 2.24) is 0 Å². The monoisotopic (exact) mass is 304 g/mol. The molecule has 0 heterocycles. The van der Waals surface area contributed by atoms with E-state index in [1.54, 1.807) is 13.4 Å². The number of methoxy groups -OCH3 is 1. The molecule has 2 unspecified atom stereocenters. The van der Waals surface area contributed by atoms with E-state index in [0.717, 1.165) is 22.3 Å². The molecule has 1 aromatic rings. The lowest BCUT2D eigenvalue weighted by Gasteiger charge is -2.17. The summed E-state index contributed by atoms with van der Waals surface area (Å²) < 4.78 is 16.4. The fourth-order valence-electron chi connectivity index (χ4n) is 1.94. The standard InChI is InChI=1S/C19H28O3/c1-14(2)18-8-7-9-19(10-18)15(3)11-21-17(5)13-22-16(4)12-20-6/h7-11,16-17H,1,12-13H2,2-6H3/b15-11+. The summed E-state index contributed by atoms with van der Waals surface area (Å²) in [5.41, 5.74) is 4.43. The second kappa shape index (κ2) is 9.44. The Labute approximate surface area is 134 Å². The van der Waals surface area contributed by atoms with Crippen molar-refractivity contribution in [3.8, 4) is 0 Å². The van der Waals surface area contributed by atoms with Crippen molar-refractivity contribution in [1.29, 1.82) is 0 Å². The molecule has 0 amide bonds. The molecule has 0 aromatic heterocycles. The predicted octanol–water partition coefficient (Wildman–Crippen LogP) is 4.54. The summed E-state index contributed by atoms with van der Waals surface area (Å²) in [5, 5.41) is 0. The minimum atomic E-state index is -0.00132. The maximum absolute atomic E-state index is 5.74. The quantitative estimate of drug-likeness (QED) is 0.627. The van der Waals surface area contributed by atoms with Crippen LogP contribution in [0.1, 0.15) is 38.8 Å². The smallest absolute Gasteiger partial charge is 0.118 e. The van der Waals surface area contributed by atoms with Crippen LogP contribution in [0.25, 0.3) is 11.1 Å². The van der Waals surface area contributed by atoms with Gasteiger partial charge < -0.3 is 14.2 Å². The second-order valence-electron chi connectivity index (χ2n) is 5.71. The molecule has 0 saturated heterocycles.